The molecule has 0 heterocycles. The highest BCUT2D eigenvalue weighted by molar-refractivity contribution is 5.77. The average molecular weight is 315 g/mol. The van der Waals surface area contributed by atoms with Crippen LogP contribution in [0.2, 0.25) is 0 Å². The van der Waals surface area contributed by atoms with E-state index in [-0.39, 0.29) is 0 Å². The predicted molar refractivity (Wildman–Crippen MR) is 76.4 cm³/mol. The van der Waals surface area contributed by atoms with E-state index in [0.29, 0.717) is 18.4 Å². The van der Waals surface area contributed by atoms with Gasteiger partial charge in [0.05, 0.1) is 0 Å². The van der Waals surface area contributed by atoms with Crippen molar-refractivity contribution in [3.05, 3.63) is 35.9 Å². The number of carbonyl (C=O) groups excluding carboxylic acids is 1. The minimum atomic E-state index is -4.40. The monoisotopic (exact) mass is 315 g/mol. The lowest BCUT2D eigenvalue weighted by molar-refractivity contribution is -0.175. The number of rotatable bonds is 6. The SMILES string of the molecule is O=C(COCC(F)(F)F)NCC1CCCC1c1ccccc1. The summed E-state index contributed by atoms with van der Waals surface area (Å²) in [5.74, 6) is 0.231. The van der Waals surface area contributed by atoms with Crippen LogP contribution >= 0.6 is 0 Å². The molecule has 0 bridgehead atoms. The van der Waals surface area contributed by atoms with Gasteiger partial charge in [0.1, 0.15) is 13.2 Å². The molecule has 22 heavy (non-hydrogen) atoms. The summed E-state index contributed by atoms with van der Waals surface area (Å²) in [5, 5.41) is 2.68. The molecular formula is C16H20F3NO2. The summed E-state index contributed by atoms with van der Waals surface area (Å²) >= 11 is 0. The van der Waals surface area contributed by atoms with Gasteiger partial charge in [0.2, 0.25) is 5.91 Å². The van der Waals surface area contributed by atoms with Gasteiger partial charge < -0.3 is 10.1 Å². The first kappa shape index (κ1) is 16.8. The van der Waals surface area contributed by atoms with Crippen molar-refractivity contribution in [1.29, 1.82) is 0 Å². The molecule has 0 aliphatic heterocycles. The van der Waals surface area contributed by atoms with Crippen LogP contribution < -0.4 is 5.32 Å². The van der Waals surface area contributed by atoms with Gasteiger partial charge in [0, 0.05) is 6.54 Å². The lowest BCUT2D eigenvalue weighted by Gasteiger charge is -2.20. The molecule has 1 aromatic carbocycles. The molecule has 1 aliphatic carbocycles. The van der Waals surface area contributed by atoms with Crippen molar-refractivity contribution in [1.82, 2.24) is 5.32 Å². The fourth-order valence-electron chi connectivity index (χ4n) is 2.98. The Morgan fingerprint density at radius 2 is 1.95 bits per heavy atom. The van der Waals surface area contributed by atoms with Crippen LogP contribution in [0.3, 0.4) is 0 Å². The molecule has 2 rings (SSSR count). The van der Waals surface area contributed by atoms with E-state index in [2.05, 4.69) is 22.2 Å². The van der Waals surface area contributed by atoms with E-state index in [1.54, 1.807) is 0 Å². The fourth-order valence-corrected chi connectivity index (χ4v) is 2.98. The Morgan fingerprint density at radius 1 is 1.23 bits per heavy atom. The van der Waals surface area contributed by atoms with Crippen LogP contribution in [0, 0.1) is 5.92 Å². The van der Waals surface area contributed by atoms with Crippen LogP contribution in [0.25, 0.3) is 0 Å². The maximum Gasteiger partial charge on any atom is 0.411 e. The van der Waals surface area contributed by atoms with E-state index < -0.39 is 25.3 Å². The van der Waals surface area contributed by atoms with Crippen molar-refractivity contribution in [3.63, 3.8) is 0 Å². The van der Waals surface area contributed by atoms with Crippen LogP contribution in [0.15, 0.2) is 30.3 Å². The topological polar surface area (TPSA) is 38.3 Å². The third-order valence-electron chi connectivity index (χ3n) is 3.95. The van der Waals surface area contributed by atoms with Crippen molar-refractivity contribution in [2.45, 2.75) is 31.4 Å². The fraction of sp³-hybridized carbons (Fsp3) is 0.562. The molecule has 1 fully saturated rings. The Labute approximate surface area is 127 Å². The molecule has 6 heteroatoms. The van der Waals surface area contributed by atoms with Crippen molar-refractivity contribution < 1.29 is 22.7 Å². The number of amides is 1. The number of ether oxygens (including phenoxy) is 1. The zero-order valence-electron chi connectivity index (χ0n) is 12.2. The summed E-state index contributed by atoms with van der Waals surface area (Å²) in [6.07, 6.45) is -1.20. The van der Waals surface area contributed by atoms with Gasteiger partial charge in [-0.15, -0.1) is 0 Å². The molecule has 1 saturated carbocycles. The van der Waals surface area contributed by atoms with Crippen LogP contribution in [-0.4, -0.2) is 31.8 Å². The highest BCUT2D eigenvalue weighted by atomic mass is 19.4. The summed E-state index contributed by atoms with van der Waals surface area (Å²) in [5.41, 5.74) is 1.26. The summed E-state index contributed by atoms with van der Waals surface area (Å²) in [6.45, 7) is -1.47. The minimum absolute atomic E-state index is 0.328. The highest BCUT2D eigenvalue weighted by Gasteiger charge is 2.29. The van der Waals surface area contributed by atoms with E-state index in [1.165, 1.54) is 5.56 Å². The molecule has 3 nitrogen and oxygen atoms in total. The Hall–Kier alpha value is -1.56. The van der Waals surface area contributed by atoms with Crippen LogP contribution in [0.1, 0.15) is 30.7 Å². The molecule has 1 aliphatic rings. The first-order valence-electron chi connectivity index (χ1n) is 7.42. The van der Waals surface area contributed by atoms with Crippen LogP contribution in [-0.2, 0) is 9.53 Å². The zero-order valence-corrected chi connectivity index (χ0v) is 12.2. The highest BCUT2D eigenvalue weighted by Crippen LogP contribution is 2.39. The van der Waals surface area contributed by atoms with Crippen molar-refractivity contribution in [2.75, 3.05) is 19.8 Å². The second-order valence-corrected chi connectivity index (χ2v) is 5.62. The van der Waals surface area contributed by atoms with E-state index in [4.69, 9.17) is 0 Å². The van der Waals surface area contributed by atoms with E-state index in [9.17, 15) is 18.0 Å². The molecule has 0 spiro atoms. The third-order valence-corrected chi connectivity index (χ3v) is 3.95. The maximum absolute atomic E-state index is 11.9. The van der Waals surface area contributed by atoms with Gasteiger partial charge in [0.15, 0.2) is 0 Å². The number of benzene rings is 1. The number of nitrogens with one attached hydrogen (secondary N) is 1. The second kappa shape index (κ2) is 7.63. The second-order valence-electron chi connectivity index (χ2n) is 5.62. The Kier molecular flexibility index (Phi) is 5.83. The van der Waals surface area contributed by atoms with Gasteiger partial charge in [-0.3, -0.25) is 4.79 Å². The molecule has 0 radical (unpaired) electrons. The van der Waals surface area contributed by atoms with Gasteiger partial charge in [-0.2, -0.15) is 13.2 Å². The first-order valence-corrected chi connectivity index (χ1v) is 7.42. The third kappa shape index (κ3) is 5.33. The van der Waals surface area contributed by atoms with Crippen molar-refractivity contribution in [2.24, 2.45) is 5.92 Å². The summed E-state index contributed by atoms with van der Waals surface area (Å²) < 4.78 is 40.1. The lowest BCUT2D eigenvalue weighted by atomic mass is 9.89. The molecule has 2 atom stereocenters. The lowest BCUT2D eigenvalue weighted by Crippen LogP contribution is -2.34. The van der Waals surface area contributed by atoms with Gasteiger partial charge in [-0.1, -0.05) is 36.8 Å². The van der Waals surface area contributed by atoms with Crippen LogP contribution in [0.4, 0.5) is 13.2 Å². The predicted octanol–water partition coefficient (Wildman–Crippen LogP) is 3.27. The molecule has 122 valence electrons. The molecular weight excluding hydrogens is 295 g/mol. The summed E-state index contributed by atoms with van der Waals surface area (Å²) in [4.78, 5) is 11.5. The quantitative estimate of drug-likeness (QED) is 0.875. The molecule has 0 aromatic heterocycles. The normalized spacial score (nSPS) is 21.8. The molecule has 1 aromatic rings. The zero-order chi connectivity index (χ0) is 16.0. The van der Waals surface area contributed by atoms with E-state index in [1.807, 2.05) is 18.2 Å². The Balaban J connectivity index is 1.75. The van der Waals surface area contributed by atoms with Gasteiger partial charge in [-0.05, 0) is 30.2 Å². The standard InChI is InChI=1S/C16H20F3NO2/c17-16(18,19)11-22-10-15(21)20-9-13-7-4-8-14(13)12-5-2-1-3-6-12/h1-3,5-6,13-14H,4,7-11H2,(H,20,21). The smallest absolute Gasteiger partial charge is 0.362 e. The Bertz CT molecular complexity index is 476. The van der Waals surface area contributed by atoms with E-state index in [0.717, 1.165) is 19.3 Å². The molecule has 1 N–H and O–H groups in total. The summed E-state index contributed by atoms with van der Waals surface area (Å²) in [6, 6.07) is 10.1. The number of carbonyl (C=O) groups is 1. The number of alkyl halides is 3. The van der Waals surface area contributed by atoms with E-state index >= 15 is 0 Å². The largest absolute Gasteiger partial charge is 0.411 e. The number of hydrogen-bond donors (Lipinski definition) is 1. The van der Waals surface area contributed by atoms with Crippen LogP contribution in [0.5, 0.6) is 0 Å². The van der Waals surface area contributed by atoms with Crippen molar-refractivity contribution >= 4 is 5.91 Å². The average Bonchev–Trinajstić information content (AvgIpc) is 2.93. The maximum atomic E-state index is 11.9. The first-order chi connectivity index (χ1) is 10.5. The van der Waals surface area contributed by atoms with Gasteiger partial charge in [0.25, 0.3) is 0 Å². The van der Waals surface area contributed by atoms with Gasteiger partial charge >= 0.3 is 6.18 Å². The number of hydrogen-bond acceptors (Lipinski definition) is 2. The number of halogens is 3. The minimum Gasteiger partial charge on any atom is -0.362 e. The molecule has 2 unspecified atom stereocenters. The summed E-state index contributed by atoms with van der Waals surface area (Å²) in [7, 11) is 0. The molecule has 0 saturated heterocycles. The Morgan fingerprint density at radius 3 is 2.64 bits per heavy atom. The molecule has 1 amide bonds. The van der Waals surface area contributed by atoms with Crippen molar-refractivity contribution in [3.8, 4) is 0 Å². The van der Waals surface area contributed by atoms with Gasteiger partial charge in [-0.25, -0.2) is 0 Å².